The van der Waals surface area contributed by atoms with E-state index in [1.54, 1.807) is 24.5 Å². The van der Waals surface area contributed by atoms with Crippen LogP contribution in [-0.4, -0.2) is 54.8 Å². The van der Waals surface area contributed by atoms with Crippen molar-refractivity contribution in [1.82, 2.24) is 9.97 Å². The number of hydrogen-bond donors (Lipinski definition) is 3. The van der Waals surface area contributed by atoms with E-state index in [0.717, 1.165) is 17.3 Å². The molecule has 0 saturated carbocycles. The highest BCUT2D eigenvalue weighted by molar-refractivity contribution is 7.99. The Balaban J connectivity index is 1.83. The molecule has 1 fully saturated rings. The zero-order valence-electron chi connectivity index (χ0n) is 11.9. The molecule has 0 amide bonds. The quantitative estimate of drug-likeness (QED) is 0.713. The van der Waals surface area contributed by atoms with E-state index in [0.29, 0.717) is 5.56 Å². The van der Waals surface area contributed by atoms with Crippen LogP contribution in [-0.2, 0) is 0 Å². The Morgan fingerprint density at radius 3 is 2.61 bits per heavy atom. The molecule has 3 rings (SSSR count). The van der Waals surface area contributed by atoms with Crippen molar-refractivity contribution < 1.29 is 24.4 Å². The SMILES string of the molecule is O[C@@H]1[C@@H](O)[C@@H](Oc2cc(-c3ccncc3)cnc2F)SC[C@H]1O. The first-order valence-electron chi connectivity index (χ1n) is 6.94. The molecular weight excluding hydrogens is 323 g/mol. The molecule has 4 atom stereocenters. The molecule has 3 N–H and O–H groups in total. The van der Waals surface area contributed by atoms with Crippen molar-refractivity contribution in [2.75, 3.05) is 5.75 Å². The number of aliphatic hydroxyl groups excluding tert-OH is 3. The maximum absolute atomic E-state index is 13.9. The second-order valence-corrected chi connectivity index (χ2v) is 6.25. The zero-order valence-corrected chi connectivity index (χ0v) is 12.7. The molecule has 1 aliphatic rings. The van der Waals surface area contributed by atoms with Crippen molar-refractivity contribution in [1.29, 1.82) is 0 Å². The van der Waals surface area contributed by atoms with Crippen LogP contribution in [0.25, 0.3) is 11.1 Å². The number of thioether (sulfide) groups is 1. The lowest BCUT2D eigenvalue weighted by molar-refractivity contribution is -0.0790. The summed E-state index contributed by atoms with van der Waals surface area (Å²) < 4.78 is 19.4. The first-order valence-corrected chi connectivity index (χ1v) is 7.99. The minimum Gasteiger partial charge on any atom is -0.472 e. The molecule has 23 heavy (non-hydrogen) atoms. The van der Waals surface area contributed by atoms with Crippen molar-refractivity contribution in [2.45, 2.75) is 23.7 Å². The monoisotopic (exact) mass is 338 g/mol. The van der Waals surface area contributed by atoms with E-state index >= 15 is 0 Å². The van der Waals surface area contributed by atoms with Gasteiger partial charge in [0.25, 0.3) is 5.95 Å². The minimum absolute atomic E-state index is 0.126. The molecule has 6 nitrogen and oxygen atoms in total. The average molecular weight is 338 g/mol. The molecule has 0 aliphatic carbocycles. The van der Waals surface area contributed by atoms with Gasteiger partial charge in [0.2, 0.25) is 0 Å². The molecule has 1 saturated heterocycles. The molecule has 2 aromatic heterocycles. The van der Waals surface area contributed by atoms with Gasteiger partial charge in [0.05, 0.1) is 6.10 Å². The van der Waals surface area contributed by atoms with Crippen molar-refractivity contribution in [2.24, 2.45) is 0 Å². The first kappa shape index (κ1) is 16.1. The van der Waals surface area contributed by atoms with Crippen molar-refractivity contribution in [3.8, 4) is 16.9 Å². The van der Waals surface area contributed by atoms with Crippen LogP contribution >= 0.6 is 11.8 Å². The van der Waals surface area contributed by atoms with E-state index in [2.05, 4.69) is 9.97 Å². The predicted octanol–water partition coefficient (Wildman–Crippen LogP) is 0.817. The summed E-state index contributed by atoms with van der Waals surface area (Å²) in [6.45, 7) is 0. The Kier molecular flexibility index (Phi) is 4.76. The standard InChI is InChI=1S/C15H15FN2O4S/c16-14-11(22-15-13(21)12(20)10(19)7-23-15)5-9(6-18-14)8-1-3-17-4-2-8/h1-6,10,12-13,15,19-21H,7H2/t10-,12+,13-,15+/m1/s1. The lowest BCUT2D eigenvalue weighted by Crippen LogP contribution is -2.50. The first-order chi connectivity index (χ1) is 11.1. The summed E-state index contributed by atoms with van der Waals surface area (Å²) in [5, 5.41) is 29.1. The lowest BCUT2D eigenvalue weighted by Gasteiger charge is -2.34. The third-order valence-corrected chi connectivity index (χ3v) is 4.76. The zero-order chi connectivity index (χ0) is 16.4. The molecule has 122 valence electrons. The minimum atomic E-state index is -1.33. The Morgan fingerprint density at radius 2 is 1.87 bits per heavy atom. The number of nitrogens with zero attached hydrogens (tertiary/aromatic N) is 2. The van der Waals surface area contributed by atoms with E-state index in [4.69, 9.17) is 4.74 Å². The fraction of sp³-hybridized carbons (Fsp3) is 0.333. The van der Waals surface area contributed by atoms with Gasteiger partial charge in [-0.1, -0.05) is 0 Å². The van der Waals surface area contributed by atoms with Gasteiger partial charge in [-0.15, -0.1) is 11.8 Å². The van der Waals surface area contributed by atoms with Gasteiger partial charge in [0.1, 0.15) is 12.2 Å². The highest BCUT2D eigenvalue weighted by atomic mass is 32.2. The topological polar surface area (TPSA) is 95.7 Å². The second-order valence-electron chi connectivity index (χ2n) is 5.12. The summed E-state index contributed by atoms with van der Waals surface area (Å²) in [5.41, 5.74) is 0.543. The van der Waals surface area contributed by atoms with Crippen LogP contribution in [0.2, 0.25) is 0 Å². The molecule has 8 heteroatoms. The van der Waals surface area contributed by atoms with Crippen LogP contribution in [0.5, 0.6) is 5.75 Å². The van der Waals surface area contributed by atoms with Gasteiger partial charge < -0.3 is 20.1 Å². The van der Waals surface area contributed by atoms with Crippen LogP contribution in [0.15, 0.2) is 36.8 Å². The molecular formula is C15H15FN2O4S. The number of halogens is 1. The summed E-state index contributed by atoms with van der Waals surface area (Å²) >= 11 is 1.10. The van der Waals surface area contributed by atoms with Crippen LogP contribution in [0, 0.1) is 5.95 Å². The van der Waals surface area contributed by atoms with Crippen molar-refractivity contribution >= 4 is 11.8 Å². The van der Waals surface area contributed by atoms with Gasteiger partial charge >= 0.3 is 0 Å². The highest BCUT2D eigenvalue weighted by Crippen LogP contribution is 2.31. The van der Waals surface area contributed by atoms with E-state index in [-0.39, 0.29) is 11.5 Å². The van der Waals surface area contributed by atoms with Gasteiger partial charge in [-0.3, -0.25) is 4.98 Å². The number of aromatic nitrogens is 2. The van der Waals surface area contributed by atoms with E-state index in [1.807, 2.05) is 0 Å². The Labute approximate surface area is 136 Å². The van der Waals surface area contributed by atoms with E-state index in [9.17, 15) is 19.7 Å². The Hall–Kier alpha value is -1.74. The molecule has 3 heterocycles. The van der Waals surface area contributed by atoms with Gasteiger partial charge in [-0.05, 0) is 23.8 Å². The highest BCUT2D eigenvalue weighted by Gasteiger charge is 2.39. The number of pyridine rings is 2. The maximum atomic E-state index is 13.9. The summed E-state index contributed by atoms with van der Waals surface area (Å²) in [5.74, 6) is -0.752. The number of ether oxygens (including phenoxy) is 1. The van der Waals surface area contributed by atoms with Crippen molar-refractivity contribution in [3.63, 3.8) is 0 Å². The van der Waals surface area contributed by atoms with Crippen LogP contribution < -0.4 is 4.74 Å². The Morgan fingerprint density at radius 1 is 1.13 bits per heavy atom. The summed E-state index contributed by atoms with van der Waals surface area (Å²) in [4.78, 5) is 7.58. The van der Waals surface area contributed by atoms with Gasteiger partial charge in [0, 0.05) is 29.9 Å². The fourth-order valence-electron chi connectivity index (χ4n) is 2.22. The second kappa shape index (κ2) is 6.79. The average Bonchev–Trinajstić information content (AvgIpc) is 2.58. The van der Waals surface area contributed by atoms with Gasteiger partial charge in [-0.2, -0.15) is 4.39 Å². The number of rotatable bonds is 3. The number of aliphatic hydroxyl groups is 3. The third-order valence-electron chi connectivity index (χ3n) is 3.52. The Bertz CT molecular complexity index is 676. The largest absolute Gasteiger partial charge is 0.472 e. The fourth-order valence-corrected chi connectivity index (χ4v) is 3.33. The summed E-state index contributed by atoms with van der Waals surface area (Å²) in [6, 6.07) is 4.98. The smallest absolute Gasteiger partial charge is 0.255 e. The molecule has 0 bridgehead atoms. The van der Waals surface area contributed by atoms with Gasteiger partial charge in [-0.25, -0.2) is 4.98 Å². The molecule has 0 radical (unpaired) electrons. The van der Waals surface area contributed by atoms with E-state index < -0.39 is 29.7 Å². The number of hydrogen-bond acceptors (Lipinski definition) is 7. The summed E-state index contributed by atoms with van der Waals surface area (Å²) in [6.07, 6.45) is 0.894. The van der Waals surface area contributed by atoms with Crippen LogP contribution in [0.4, 0.5) is 4.39 Å². The van der Waals surface area contributed by atoms with Crippen molar-refractivity contribution in [3.05, 3.63) is 42.7 Å². The van der Waals surface area contributed by atoms with E-state index in [1.165, 1.54) is 12.3 Å². The predicted molar refractivity (Wildman–Crippen MR) is 82.3 cm³/mol. The third kappa shape index (κ3) is 3.45. The lowest BCUT2D eigenvalue weighted by atomic mass is 10.1. The normalized spacial score (nSPS) is 27.7. The molecule has 2 aromatic rings. The summed E-state index contributed by atoms with van der Waals surface area (Å²) in [7, 11) is 0. The van der Waals surface area contributed by atoms with Crippen LogP contribution in [0.3, 0.4) is 0 Å². The molecule has 0 aromatic carbocycles. The van der Waals surface area contributed by atoms with Gasteiger partial charge in [0.15, 0.2) is 11.2 Å². The molecule has 0 unspecified atom stereocenters. The maximum Gasteiger partial charge on any atom is 0.255 e. The molecule has 0 spiro atoms. The molecule has 1 aliphatic heterocycles. The van der Waals surface area contributed by atoms with Crippen LogP contribution in [0.1, 0.15) is 0 Å².